The molecule has 12 heavy (non-hydrogen) atoms. The standard InChI is InChI=1S/C9H7BrClF/c10-6-2-4-7-3-1-5-8(12)9(7)11/h1-5H,6H2. The summed E-state index contributed by atoms with van der Waals surface area (Å²) >= 11 is 8.91. The van der Waals surface area contributed by atoms with Crippen LogP contribution in [0.15, 0.2) is 24.3 Å². The summed E-state index contributed by atoms with van der Waals surface area (Å²) in [4.78, 5) is 0. The number of allylic oxidation sites excluding steroid dienone is 1. The highest BCUT2D eigenvalue weighted by Gasteiger charge is 2.01. The number of rotatable bonds is 2. The molecule has 0 unspecified atom stereocenters. The number of alkyl halides is 1. The van der Waals surface area contributed by atoms with Crippen LogP contribution >= 0.6 is 27.5 Å². The van der Waals surface area contributed by atoms with E-state index in [0.717, 1.165) is 5.33 Å². The highest BCUT2D eigenvalue weighted by molar-refractivity contribution is 9.09. The van der Waals surface area contributed by atoms with E-state index in [2.05, 4.69) is 15.9 Å². The fraction of sp³-hybridized carbons (Fsp3) is 0.111. The normalized spacial score (nSPS) is 10.9. The molecular weight excluding hydrogens is 242 g/mol. The molecule has 0 aromatic heterocycles. The first-order chi connectivity index (χ1) is 5.75. The molecule has 1 aromatic carbocycles. The highest BCUT2D eigenvalue weighted by Crippen LogP contribution is 2.20. The van der Waals surface area contributed by atoms with Crippen molar-refractivity contribution in [1.29, 1.82) is 0 Å². The van der Waals surface area contributed by atoms with E-state index in [4.69, 9.17) is 11.6 Å². The smallest absolute Gasteiger partial charge is 0.142 e. The van der Waals surface area contributed by atoms with Gasteiger partial charge in [-0.15, -0.1) is 0 Å². The van der Waals surface area contributed by atoms with Gasteiger partial charge in [0.15, 0.2) is 0 Å². The van der Waals surface area contributed by atoms with Crippen LogP contribution in [0.2, 0.25) is 5.02 Å². The van der Waals surface area contributed by atoms with E-state index in [1.54, 1.807) is 18.2 Å². The Morgan fingerprint density at radius 3 is 2.92 bits per heavy atom. The Balaban J connectivity index is 3.00. The van der Waals surface area contributed by atoms with Crippen LogP contribution in [0.5, 0.6) is 0 Å². The maximum absolute atomic E-state index is 12.8. The van der Waals surface area contributed by atoms with Crippen LogP contribution in [-0.2, 0) is 0 Å². The largest absolute Gasteiger partial charge is 0.205 e. The van der Waals surface area contributed by atoms with Crippen molar-refractivity contribution < 1.29 is 4.39 Å². The van der Waals surface area contributed by atoms with Crippen LogP contribution < -0.4 is 0 Å². The third-order valence-corrected chi connectivity index (χ3v) is 2.14. The predicted molar refractivity (Wildman–Crippen MR) is 54.2 cm³/mol. The Morgan fingerprint density at radius 1 is 1.50 bits per heavy atom. The van der Waals surface area contributed by atoms with Crippen molar-refractivity contribution in [3.63, 3.8) is 0 Å². The first-order valence-corrected chi connectivity index (χ1v) is 4.92. The molecule has 0 aliphatic carbocycles. The second-order valence-corrected chi connectivity index (χ2v) is 3.23. The fourth-order valence-corrected chi connectivity index (χ4v) is 1.20. The van der Waals surface area contributed by atoms with Gasteiger partial charge in [-0.25, -0.2) is 4.39 Å². The summed E-state index contributed by atoms with van der Waals surface area (Å²) in [6.45, 7) is 0. The molecule has 0 N–H and O–H groups in total. The minimum atomic E-state index is -0.381. The summed E-state index contributed by atoms with van der Waals surface area (Å²) in [6.07, 6.45) is 3.64. The van der Waals surface area contributed by atoms with Crippen molar-refractivity contribution in [2.75, 3.05) is 5.33 Å². The summed E-state index contributed by atoms with van der Waals surface area (Å²) in [6, 6.07) is 4.74. The number of hydrogen-bond donors (Lipinski definition) is 0. The Labute approximate surface area is 84.2 Å². The third kappa shape index (κ3) is 2.32. The predicted octanol–water partition coefficient (Wildman–Crippen LogP) is 3.89. The molecule has 0 aliphatic heterocycles. The van der Waals surface area contributed by atoms with E-state index in [1.807, 2.05) is 6.08 Å². The van der Waals surface area contributed by atoms with Crippen LogP contribution in [-0.4, -0.2) is 5.33 Å². The van der Waals surface area contributed by atoms with Crippen LogP contribution in [0.3, 0.4) is 0 Å². The monoisotopic (exact) mass is 248 g/mol. The van der Waals surface area contributed by atoms with E-state index in [1.165, 1.54) is 6.07 Å². The first kappa shape index (κ1) is 9.75. The quantitative estimate of drug-likeness (QED) is 0.698. The van der Waals surface area contributed by atoms with Gasteiger partial charge in [0.2, 0.25) is 0 Å². The minimum Gasteiger partial charge on any atom is -0.205 e. The second kappa shape index (κ2) is 4.63. The molecule has 0 radical (unpaired) electrons. The molecule has 3 heteroatoms. The van der Waals surface area contributed by atoms with E-state index in [9.17, 15) is 4.39 Å². The van der Waals surface area contributed by atoms with E-state index < -0.39 is 0 Å². The van der Waals surface area contributed by atoms with Crippen molar-refractivity contribution in [3.05, 3.63) is 40.7 Å². The summed E-state index contributed by atoms with van der Waals surface area (Å²) < 4.78 is 12.8. The van der Waals surface area contributed by atoms with E-state index >= 15 is 0 Å². The molecule has 0 saturated carbocycles. The van der Waals surface area contributed by atoms with Gasteiger partial charge < -0.3 is 0 Å². The minimum absolute atomic E-state index is 0.176. The van der Waals surface area contributed by atoms with Gasteiger partial charge in [0, 0.05) is 5.33 Å². The SMILES string of the molecule is Fc1cccc(C=CCBr)c1Cl. The maximum Gasteiger partial charge on any atom is 0.142 e. The number of hydrogen-bond acceptors (Lipinski definition) is 0. The van der Waals surface area contributed by atoms with Gasteiger partial charge in [-0.1, -0.05) is 51.8 Å². The highest BCUT2D eigenvalue weighted by atomic mass is 79.9. The Bertz CT molecular complexity index is 297. The van der Waals surface area contributed by atoms with Gasteiger partial charge >= 0.3 is 0 Å². The molecule has 0 amide bonds. The molecule has 0 aliphatic rings. The Hall–Kier alpha value is -0.340. The lowest BCUT2D eigenvalue weighted by Crippen LogP contribution is -1.80. The van der Waals surface area contributed by atoms with Crippen molar-refractivity contribution in [2.24, 2.45) is 0 Å². The third-order valence-electron chi connectivity index (χ3n) is 1.37. The van der Waals surface area contributed by atoms with E-state index in [-0.39, 0.29) is 10.8 Å². The van der Waals surface area contributed by atoms with Crippen molar-refractivity contribution in [2.45, 2.75) is 0 Å². The number of halogens is 3. The molecule has 0 fully saturated rings. The molecule has 1 rings (SSSR count). The molecule has 0 heterocycles. The van der Waals surface area contributed by atoms with Crippen LogP contribution in [0, 0.1) is 5.82 Å². The van der Waals surface area contributed by atoms with Gasteiger partial charge in [0.25, 0.3) is 0 Å². The summed E-state index contributed by atoms with van der Waals surface area (Å²) in [5.74, 6) is -0.381. The lowest BCUT2D eigenvalue weighted by molar-refractivity contribution is 0.628. The molecule has 64 valence electrons. The van der Waals surface area contributed by atoms with Gasteiger partial charge in [0.1, 0.15) is 5.82 Å². The summed E-state index contributed by atoms with van der Waals surface area (Å²) in [5.41, 5.74) is 0.705. The van der Waals surface area contributed by atoms with Crippen molar-refractivity contribution >= 4 is 33.6 Å². The average Bonchev–Trinajstić information content (AvgIpc) is 2.08. The molecule has 0 atom stereocenters. The number of benzene rings is 1. The topological polar surface area (TPSA) is 0 Å². The molecular formula is C9H7BrClF. The van der Waals surface area contributed by atoms with Gasteiger partial charge in [-0.05, 0) is 11.6 Å². The summed E-state index contributed by atoms with van der Waals surface area (Å²) in [7, 11) is 0. The zero-order valence-corrected chi connectivity index (χ0v) is 8.57. The zero-order valence-electron chi connectivity index (χ0n) is 6.23. The van der Waals surface area contributed by atoms with Crippen LogP contribution in [0.1, 0.15) is 5.56 Å². The lowest BCUT2D eigenvalue weighted by Gasteiger charge is -1.97. The fourth-order valence-electron chi connectivity index (χ4n) is 0.821. The van der Waals surface area contributed by atoms with Crippen molar-refractivity contribution in [1.82, 2.24) is 0 Å². The molecule has 0 bridgehead atoms. The lowest BCUT2D eigenvalue weighted by atomic mass is 10.2. The van der Waals surface area contributed by atoms with Crippen LogP contribution in [0.4, 0.5) is 4.39 Å². The Morgan fingerprint density at radius 2 is 2.25 bits per heavy atom. The summed E-state index contributed by atoms with van der Waals surface area (Å²) in [5, 5.41) is 0.912. The maximum atomic E-state index is 12.8. The first-order valence-electron chi connectivity index (χ1n) is 3.42. The molecule has 1 aromatic rings. The van der Waals surface area contributed by atoms with Crippen molar-refractivity contribution in [3.8, 4) is 0 Å². The van der Waals surface area contributed by atoms with E-state index in [0.29, 0.717) is 5.56 Å². The Kier molecular flexibility index (Phi) is 3.76. The zero-order chi connectivity index (χ0) is 8.97. The van der Waals surface area contributed by atoms with Gasteiger partial charge in [-0.2, -0.15) is 0 Å². The molecule has 0 nitrogen and oxygen atoms in total. The second-order valence-electron chi connectivity index (χ2n) is 2.20. The molecule has 0 spiro atoms. The van der Waals surface area contributed by atoms with Gasteiger partial charge in [0.05, 0.1) is 5.02 Å². The van der Waals surface area contributed by atoms with Crippen LogP contribution in [0.25, 0.3) is 6.08 Å². The molecule has 0 saturated heterocycles. The van der Waals surface area contributed by atoms with Gasteiger partial charge in [-0.3, -0.25) is 0 Å². The average molecular weight is 250 g/mol.